The Balaban J connectivity index is 2.22. The predicted molar refractivity (Wildman–Crippen MR) is 67.5 cm³/mol. The van der Waals surface area contributed by atoms with E-state index in [1.54, 1.807) is 0 Å². The van der Waals surface area contributed by atoms with Crippen molar-refractivity contribution in [3.05, 3.63) is 0 Å². The summed E-state index contributed by atoms with van der Waals surface area (Å²) in [5.74, 6) is 1.51. The highest BCUT2D eigenvalue weighted by molar-refractivity contribution is 5.78. The van der Waals surface area contributed by atoms with Gasteiger partial charge >= 0.3 is 0 Å². The van der Waals surface area contributed by atoms with Crippen molar-refractivity contribution in [3.63, 3.8) is 0 Å². The molecule has 0 bridgehead atoms. The van der Waals surface area contributed by atoms with Crippen LogP contribution in [0, 0.1) is 5.92 Å². The van der Waals surface area contributed by atoms with E-state index in [1.165, 1.54) is 12.8 Å². The molecule has 0 aromatic heterocycles. The lowest BCUT2D eigenvalue weighted by atomic mass is 10.00. The zero-order chi connectivity index (χ0) is 12.0. The third-order valence-electron chi connectivity index (χ3n) is 2.92. The van der Waals surface area contributed by atoms with Crippen molar-refractivity contribution in [2.45, 2.75) is 39.7 Å². The van der Waals surface area contributed by atoms with Crippen molar-refractivity contribution >= 4 is 5.96 Å². The minimum absolute atomic E-state index is 0.271. The van der Waals surface area contributed by atoms with Crippen LogP contribution in [0.3, 0.4) is 0 Å². The molecule has 0 amide bonds. The minimum Gasteiger partial charge on any atom is -0.377 e. The molecular formula is C12H25N3O. The highest BCUT2D eigenvalue weighted by atomic mass is 16.5. The first kappa shape index (κ1) is 13.3. The zero-order valence-corrected chi connectivity index (χ0v) is 10.8. The largest absolute Gasteiger partial charge is 0.377 e. The predicted octanol–water partition coefficient (Wildman–Crippen LogP) is 1.46. The molecule has 0 unspecified atom stereocenters. The van der Waals surface area contributed by atoms with Crippen molar-refractivity contribution < 1.29 is 4.74 Å². The molecule has 94 valence electrons. The number of rotatable bonds is 4. The van der Waals surface area contributed by atoms with E-state index in [1.807, 2.05) is 13.8 Å². The zero-order valence-electron chi connectivity index (χ0n) is 10.8. The van der Waals surface area contributed by atoms with Crippen LogP contribution in [0.2, 0.25) is 0 Å². The summed E-state index contributed by atoms with van der Waals surface area (Å²) in [6, 6.07) is 0. The van der Waals surface area contributed by atoms with Crippen molar-refractivity contribution in [3.8, 4) is 0 Å². The van der Waals surface area contributed by atoms with E-state index in [9.17, 15) is 0 Å². The first-order valence-electron chi connectivity index (χ1n) is 6.26. The second-order valence-corrected chi connectivity index (χ2v) is 4.83. The van der Waals surface area contributed by atoms with Crippen LogP contribution in [0.5, 0.6) is 0 Å². The highest BCUT2D eigenvalue weighted by Gasteiger charge is 2.16. The number of ether oxygens (including phenoxy) is 1. The molecule has 0 saturated carbocycles. The summed E-state index contributed by atoms with van der Waals surface area (Å²) < 4.78 is 5.42. The molecule has 2 N–H and O–H groups in total. The number of piperidine rings is 1. The highest BCUT2D eigenvalue weighted by Crippen LogP contribution is 2.15. The molecule has 1 heterocycles. The molecule has 1 rings (SSSR count). The quantitative estimate of drug-likeness (QED) is 0.449. The molecule has 1 aliphatic rings. The van der Waals surface area contributed by atoms with Gasteiger partial charge in [0.2, 0.25) is 0 Å². The van der Waals surface area contributed by atoms with E-state index in [4.69, 9.17) is 10.5 Å². The maximum absolute atomic E-state index is 5.93. The second kappa shape index (κ2) is 6.74. The SMILES string of the molecule is CC1CCN(C(N)=NCCOC(C)C)CC1. The van der Waals surface area contributed by atoms with Crippen LogP contribution >= 0.6 is 0 Å². The Morgan fingerprint density at radius 3 is 2.62 bits per heavy atom. The molecule has 4 nitrogen and oxygen atoms in total. The van der Waals surface area contributed by atoms with Gasteiger partial charge < -0.3 is 15.4 Å². The molecule has 1 saturated heterocycles. The first-order valence-corrected chi connectivity index (χ1v) is 6.26. The maximum atomic E-state index is 5.93. The van der Waals surface area contributed by atoms with Gasteiger partial charge in [-0.3, -0.25) is 4.99 Å². The van der Waals surface area contributed by atoms with E-state index in [0.717, 1.165) is 19.0 Å². The molecule has 1 aliphatic heterocycles. The van der Waals surface area contributed by atoms with Gasteiger partial charge in [0, 0.05) is 13.1 Å². The smallest absolute Gasteiger partial charge is 0.191 e. The Bertz CT molecular complexity index is 220. The van der Waals surface area contributed by atoms with Crippen LogP contribution in [0.25, 0.3) is 0 Å². The third kappa shape index (κ3) is 4.84. The van der Waals surface area contributed by atoms with Crippen molar-refractivity contribution in [1.82, 2.24) is 4.90 Å². The average molecular weight is 227 g/mol. The Labute approximate surface area is 98.9 Å². The molecule has 0 aliphatic carbocycles. The summed E-state index contributed by atoms with van der Waals surface area (Å²) in [5, 5.41) is 0. The van der Waals surface area contributed by atoms with Crippen LogP contribution in [0.1, 0.15) is 33.6 Å². The summed E-state index contributed by atoms with van der Waals surface area (Å²) >= 11 is 0. The fourth-order valence-electron chi connectivity index (χ4n) is 1.79. The van der Waals surface area contributed by atoms with E-state index in [0.29, 0.717) is 19.1 Å². The number of hydrogen-bond donors (Lipinski definition) is 1. The summed E-state index contributed by atoms with van der Waals surface area (Å²) in [7, 11) is 0. The van der Waals surface area contributed by atoms with Gasteiger partial charge in [-0.05, 0) is 32.6 Å². The van der Waals surface area contributed by atoms with E-state index in [2.05, 4.69) is 16.8 Å². The number of guanidine groups is 1. The van der Waals surface area contributed by atoms with Crippen molar-refractivity contribution in [2.24, 2.45) is 16.6 Å². The van der Waals surface area contributed by atoms with Gasteiger partial charge in [-0.2, -0.15) is 0 Å². The van der Waals surface area contributed by atoms with E-state index in [-0.39, 0.29) is 6.10 Å². The molecule has 0 spiro atoms. The monoisotopic (exact) mass is 227 g/mol. The van der Waals surface area contributed by atoms with Crippen LogP contribution in [-0.2, 0) is 4.74 Å². The molecule has 4 heteroatoms. The Hall–Kier alpha value is -0.770. The lowest BCUT2D eigenvalue weighted by Crippen LogP contribution is -2.42. The molecular weight excluding hydrogens is 202 g/mol. The topological polar surface area (TPSA) is 50.8 Å². The van der Waals surface area contributed by atoms with E-state index >= 15 is 0 Å². The molecule has 0 atom stereocenters. The summed E-state index contributed by atoms with van der Waals surface area (Å²) in [6.45, 7) is 9.75. The van der Waals surface area contributed by atoms with E-state index < -0.39 is 0 Å². The molecule has 0 aromatic carbocycles. The summed E-state index contributed by atoms with van der Waals surface area (Å²) in [5.41, 5.74) is 5.93. The van der Waals surface area contributed by atoms with Gasteiger partial charge in [0.1, 0.15) is 0 Å². The number of hydrogen-bond acceptors (Lipinski definition) is 2. The van der Waals surface area contributed by atoms with Gasteiger partial charge in [-0.1, -0.05) is 6.92 Å². The first-order chi connectivity index (χ1) is 7.59. The van der Waals surface area contributed by atoms with Crippen LogP contribution in [0.15, 0.2) is 4.99 Å². The van der Waals surface area contributed by atoms with Crippen LogP contribution < -0.4 is 5.73 Å². The van der Waals surface area contributed by atoms with Crippen molar-refractivity contribution in [1.29, 1.82) is 0 Å². The number of nitrogens with zero attached hydrogens (tertiary/aromatic N) is 2. The van der Waals surface area contributed by atoms with Gasteiger partial charge in [0.25, 0.3) is 0 Å². The third-order valence-corrected chi connectivity index (χ3v) is 2.92. The standard InChI is InChI=1S/C12H25N3O/c1-10(2)16-9-6-14-12(13)15-7-4-11(3)5-8-15/h10-11H,4-9H2,1-3H3,(H2,13,14). The number of likely N-dealkylation sites (tertiary alicyclic amines) is 1. The minimum atomic E-state index is 0.271. The van der Waals surface area contributed by atoms with Gasteiger partial charge in [0.15, 0.2) is 5.96 Å². The Morgan fingerprint density at radius 2 is 2.06 bits per heavy atom. The normalized spacial score (nSPS) is 19.5. The fraction of sp³-hybridized carbons (Fsp3) is 0.917. The average Bonchev–Trinajstić information content (AvgIpc) is 2.25. The summed E-state index contributed by atoms with van der Waals surface area (Å²) in [6.07, 6.45) is 2.71. The van der Waals surface area contributed by atoms with Gasteiger partial charge in [-0.15, -0.1) is 0 Å². The Kier molecular flexibility index (Phi) is 5.60. The van der Waals surface area contributed by atoms with Gasteiger partial charge in [-0.25, -0.2) is 0 Å². The maximum Gasteiger partial charge on any atom is 0.191 e. The second-order valence-electron chi connectivity index (χ2n) is 4.83. The lowest BCUT2D eigenvalue weighted by Gasteiger charge is -2.31. The van der Waals surface area contributed by atoms with Crippen LogP contribution in [-0.4, -0.2) is 43.2 Å². The number of nitrogens with two attached hydrogens (primary N) is 1. The molecule has 0 radical (unpaired) electrons. The molecule has 0 aromatic rings. The number of aliphatic imine (C=N–C) groups is 1. The lowest BCUT2D eigenvalue weighted by molar-refractivity contribution is 0.0851. The molecule has 1 fully saturated rings. The fourth-order valence-corrected chi connectivity index (χ4v) is 1.79. The Morgan fingerprint density at radius 1 is 1.44 bits per heavy atom. The van der Waals surface area contributed by atoms with Crippen LogP contribution in [0.4, 0.5) is 0 Å². The molecule has 16 heavy (non-hydrogen) atoms. The van der Waals surface area contributed by atoms with Gasteiger partial charge in [0.05, 0.1) is 19.3 Å². The summed E-state index contributed by atoms with van der Waals surface area (Å²) in [4.78, 5) is 6.52. The van der Waals surface area contributed by atoms with Crippen molar-refractivity contribution in [2.75, 3.05) is 26.2 Å².